The van der Waals surface area contributed by atoms with Crippen molar-refractivity contribution < 1.29 is 0 Å². The summed E-state index contributed by atoms with van der Waals surface area (Å²) >= 11 is 0. The lowest BCUT2D eigenvalue weighted by molar-refractivity contribution is 0.743. The Bertz CT molecular complexity index is 623. The number of anilines is 2. The molecule has 5 nitrogen and oxygen atoms in total. The fourth-order valence-electron chi connectivity index (χ4n) is 2.87. The van der Waals surface area contributed by atoms with Crippen LogP contribution in [-0.4, -0.2) is 27.0 Å². The number of rotatable bonds is 6. The first-order valence-corrected chi connectivity index (χ1v) is 8.56. The molecule has 0 amide bonds. The summed E-state index contributed by atoms with van der Waals surface area (Å²) in [7, 11) is 0. The lowest BCUT2D eigenvalue weighted by atomic mass is 10.2. The number of aromatic nitrogens is 3. The summed E-state index contributed by atoms with van der Waals surface area (Å²) in [4.78, 5) is 13.4. The zero-order chi connectivity index (χ0) is 16.1. The second-order valence-electron chi connectivity index (χ2n) is 6.27. The van der Waals surface area contributed by atoms with Gasteiger partial charge in [0, 0.05) is 30.0 Å². The van der Waals surface area contributed by atoms with Gasteiger partial charge in [0.2, 0.25) is 0 Å². The molecule has 0 bridgehead atoms. The van der Waals surface area contributed by atoms with Gasteiger partial charge in [-0.25, -0.2) is 9.97 Å². The van der Waals surface area contributed by atoms with E-state index in [-0.39, 0.29) is 0 Å². The van der Waals surface area contributed by atoms with Crippen LogP contribution < -0.4 is 10.6 Å². The molecule has 1 fully saturated rings. The van der Waals surface area contributed by atoms with E-state index in [1.807, 2.05) is 18.3 Å². The van der Waals surface area contributed by atoms with Gasteiger partial charge in [0.05, 0.1) is 11.9 Å². The molecule has 122 valence electrons. The highest BCUT2D eigenvalue weighted by Gasteiger charge is 2.18. The monoisotopic (exact) mass is 311 g/mol. The third kappa shape index (κ3) is 3.97. The van der Waals surface area contributed by atoms with Gasteiger partial charge in [-0.05, 0) is 38.3 Å². The molecule has 0 saturated heterocycles. The van der Waals surface area contributed by atoms with Gasteiger partial charge in [-0.2, -0.15) is 0 Å². The summed E-state index contributed by atoms with van der Waals surface area (Å²) in [5, 5.41) is 7.13. The van der Waals surface area contributed by atoms with E-state index in [0.29, 0.717) is 12.1 Å². The number of nitrogens with zero attached hydrogens (tertiary/aromatic N) is 3. The lowest BCUT2D eigenvalue weighted by Crippen LogP contribution is -2.20. The normalized spacial score (nSPS) is 16.3. The Morgan fingerprint density at radius 3 is 2.65 bits per heavy atom. The number of nitrogens with one attached hydrogen (secondary N) is 2. The highest BCUT2D eigenvalue weighted by atomic mass is 15.1. The maximum absolute atomic E-state index is 4.78. The minimum absolute atomic E-state index is 0.398. The van der Waals surface area contributed by atoms with E-state index in [0.717, 1.165) is 29.3 Å². The fraction of sp³-hybridized carbons (Fsp3) is 0.500. The Morgan fingerprint density at radius 1 is 1.22 bits per heavy atom. The molecule has 1 aliphatic rings. The topological polar surface area (TPSA) is 62.7 Å². The smallest absolute Gasteiger partial charge is 0.161 e. The Labute approximate surface area is 138 Å². The van der Waals surface area contributed by atoms with Crippen LogP contribution in [0.3, 0.4) is 0 Å². The van der Waals surface area contributed by atoms with E-state index < -0.39 is 0 Å². The van der Waals surface area contributed by atoms with Crippen molar-refractivity contribution in [3.05, 3.63) is 30.7 Å². The first kappa shape index (κ1) is 15.7. The van der Waals surface area contributed by atoms with Crippen LogP contribution in [-0.2, 0) is 0 Å². The second-order valence-corrected chi connectivity index (χ2v) is 6.27. The van der Waals surface area contributed by atoms with Crippen molar-refractivity contribution >= 4 is 11.5 Å². The molecule has 2 aromatic heterocycles. The Balaban J connectivity index is 1.89. The summed E-state index contributed by atoms with van der Waals surface area (Å²) < 4.78 is 0. The van der Waals surface area contributed by atoms with Crippen molar-refractivity contribution in [2.75, 3.05) is 10.6 Å². The van der Waals surface area contributed by atoms with Crippen LogP contribution in [0.15, 0.2) is 30.7 Å². The third-order valence-corrected chi connectivity index (χ3v) is 4.44. The first-order chi connectivity index (χ1) is 11.3. The van der Waals surface area contributed by atoms with Gasteiger partial charge in [-0.15, -0.1) is 0 Å². The molecule has 5 heteroatoms. The van der Waals surface area contributed by atoms with Crippen LogP contribution in [0.25, 0.3) is 11.4 Å². The highest BCUT2D eigenvalue weighted by Crippen LogP contribution is 2.28. The maximum atomic E-state index is 4.78. The van der Waals surface area contributed by atoms with E-state index in [1.54, 1.807) is 12.4 Å². The van der Waals surface area contributed by atoms with Gasteiger partial charge in [0.15, 0.2) is 11.6 Å². The number of hydrogen-bond donors (Lipinski definition) is 2. The van der Waals surface area contributed by atoms with Gasteiger partial charge < -0.3 is 10.6 Å². The Hall–Kier alpha value is -2.17. The standard InChI is InChI=1S/C18H25N5/c1-3-13(2)21-16-12-20-17(14-8-10-19-11-9-14)23-18(16)22-15-6-4-5-7-15/h8-13,15,21H,3-7H2,1-2H3,(H,20,22,23). The molecule has 23 heavy (non-hydrogen) atoms. The summed E-state index contributed by atoms with van der Waals surface area (Å²) in [6.07, 6.45) is 11.5. The second kappa shape index (κ2) is 7.40. The molecule has 0 aromatic carbocycles. The van der Waals surface area contributed by atoms with Crippen LogP contribution in [0.1, 0.15) is 46.0 Å². The molecule has 2 aromatic rings. The molecule has 0 aliphatic heterocycles. The first-order valence-electron chi connectivity index (χ1n) is 8.56. The van der Waals surface area contributed by atoms with E-state index >= 15 is 0 Å². The van der Waals surface area contributed by atoms with E-state index in [9.17, 15) is 0 Å². The van der Waals surface area contributed by atoms with Crippen LogP contribution in [0.5, 0.6) is 0 Å². The molecule has 0 spiro atoms. The third-order valence-electron chi connectivity index (χ3n) is 4.44. The Morgan fingerprint density at radius 2 is 1.96 bits per heavy atom. The zero-order valence-corrected chi connectivity index (χ0v) is 13.9. The van der Waals surface area contributed by atoms with Gasteiger partial charge >= 0.3 is 0 Å². The van der Waals surface area contributed by atoms with Crippen LogP contribution >= 0.6 is 0 Å². The number of hydrogen-bond acceptors (Lipinski definition) is 5. The van der Waals surface area contributed by atoms with Crippen molar-refractivity contribution in [3.63, 3.8) is 0 Å². The minimum atomic E-state index is 0.398. The molecular weight excluding hydrogens is 286 g/mol. The number of pyridine rings is 1. The SMILES string of the molecule is CCC(C)Nc1cnc(-c2ccncc2)nc1NC1CCCC1. The minimum Gasteiger partial charge on any atom is -0.378 e. The molecular formula is C18H25N5. The molecule has 2 heterocycles. The van der Waals surface area contributed by atoms with Gasteiger partial charge in [0.25, 0.3) is 0 Å². The zero-order valence-electron chi connectivity index (χ0n) is 13.9. The quantitative estimate of drug-likeness (QED) is 0.841. The average Bonchev–Trinajstić information content (AvgIpc) is 3.10. The molecule has 3 rings (SSSR count). The summed E-state index contributed by atoms with van der Waals surface area (Å²) in [6, 6.07) is 4.80. The largest absolute Gasteiger partial charge is 0.378 e. The lowest BCUT2D eigenvalue weighted by Gasteiger charge is -2.20. The van der Waals surface area contributed by atoms with Crippen molar-refractivity contribution in [2.24, 2.45) is 0 Å². The maximum Gasteiger partial charge on any atom is 0.161 e. The van der Waals surface area contributed by atoms with E-state index in [1.165, 1.54) is 25.7 Å². The van der Waals surface area contributed by atoms with Gasteiger partial charge in [-0.1, -0.05) is 19.8 Å². The van der Waals surface area contributed by atoms with E-state index in [2.05, 4.69) is 34.4 Å². The predicted octanol–water partition coefficient (Wildman–Crippen LogP) is 4.10. The van der Waals surface area contributed by atoms with Crippen LogP contribution in [0, 0.1) is 0 Å². The fourth-order valence-corrected chi connectivity index (χ4v) is 2.87. The molecule has 2 N–H and O–H groups in total. The van der Waals surface area contributed by atoms with Crippen molar-refractivity contribution in [2.45, 2.75) is 58.0 Å². The predicted molar refractivity (Wildman–Crippen MR) is 94.5 cm³/mol. The van der Waals surface area contributed by atoms with Gasteiger partial charge in [0.1, 0.15) is 0 Å². The van der Waals surface area contributed by atoms with Gasteiger partial charge in [-0.3, -0.25) is 4.98 Å². The Kier molecular flexibility index (Phi) is 5.05. The van der Waals surface area contributed by atoms with Crippen molar-refractivity contribution in [1.82, 2.24) is 15.0 Å². The summed E-state index contributed by atoms with van der Waals surface area (Å²) in [5.74, 6) is 1.65. The average molecular weight is 311 g/mol. The van der Waals surface area contributed by atoms with Crippen LogP contribution in [0.2, 0.25) is 0 Å². The van der Waals surface area contributed by atoms with Crippen LogP contribution in [0.4, 0.5) is 11.5 Å². The molecule has 1 atom stereocenters. The van der Waals surface area contributed by atoms with Crippen molar-refractivity contribution in [1.29, 1.82) is 0 Å². The molecule has 0 radical (unpaired) electrons. The molecule has 1 unspecified atom stereocenters. The molecule has 1 aliphatic carbocycles. The summed E-state index contributed by atoms with van der Waals surface area (Å²) in [6.45, 7) is 4.35. The molecule has 1 saturated carbocycles. The highest BCUT2D eigenvalue weighted by molar-refractivity contribution is 5.68. The summed E-state index contributed by atoms with van der Waals surface area (Å²) in [5.41, 5.74) is 1.98. The van der Waals surface area contributed by atoms with E-state index in [4.69, 9.17) is 4.98 Å². The van der Waals surface area contributed by atoms with Crippen molar-refractivity contribution in [3.8, 4) is 11.4 Å².